The summed E-state index contributed by atoms with van der Waals surface area (Å²) in [5.74, 6) is 0. The Morgan fingerprint density at radius 3 is 2.29 bits per heavy atom. The van der Waals surface area contributed by atoms with Gasteiger partial charge in [-0.2, -0.15) is 0 Å². The number of phosphoric ester groups is 1. The van der Waals surface area contributed by atoms with E-state index >= 15 is 0 Å². The summed E-state index contributed by atoms with van der Waals surface area (Å²) in [5, 5.41) is 9.24. The summed E-state index contributed by atoms with van der Waals surface area (Å²) in [5.41, 5.74) is 0. The Kier molecular flexibility index (Phi) is 11.3. The molecular weight excluding hydrogens is 236 g/mol. The zero-order valence-electron chi connectivity index (χ0n) is 7.75. The van der Waals surface area contributed by atoms with Gasteiger partial charge in [0.05, 0.1) is 12.7 Å². The molecule has 0 bridgehead atoms. The number of hydrogen-bond donors (Lipinski definition) is 3. The summed E-state index contributed by atoms with van der Waals surface area (Å²) < 4.78 is 14.4. The van der Waals surface area contributed by atoms with Crippen molar-refractivity contribution in [3.63, 3.8) is 0 Å². The predicted octanol–water partition coefficient (Wildman–Crippen LogP) is -1.24. The van der Waals surface area contributed by atoms with Crippen LogP contribution in [0.2, 0.25) is 0 Å². The summed E-state index contributed by atoms with van der Waals surface area (Å²) in [6.45, 7) is 0.309. The van der Waals surface area contributed by atoms with Crippen LogP contribution in [0.3, 0.4) is 0 Å². The van der Waals surface area contributed by atoms with Crippen molar-refractivity contribution in [3.8, 4) is 0 Å². The van der Waals surface area contributed by atoms with Gasteiger partial charge in [-0.05, 0) is 20.5 Å². The van der Waals surface area contributed by atoms with Gasteiger partial charge in [-0.15, -0.1) is 0 Å². The van der Waals surface area contributed by atoms with E-state index in [9.17, 15) is 9.67 Å². The molecule has 0 saturated carbocycles. The van der Waals surface area contributed by atoms with Crippen LogP contribution in [0.4, 0.5) is 0 Å². The third kappa shape index (κ3) is 13.7. The Morgan fingerprint density at radius 2 is 1.93 bits per heavy atom. The van der Waals surface area contributed by atoms with Crippen LogP contribution in [-0.4, -0.2) is 105 Å². The van der Waals surface area contributed by atoms with Crippen molar-refractivity contribution in [2.45, 2.75) is 12.5 Å². The first-order valence-electron chi connectivity index (χ1n) is 3.84. The molecule has 0 fully saturated rings. The van der Waals surface area contributed by atoms with Gasteiger partial charge in [-0.3, -0.25) is 4.52 Å². The van der Waals surface area contributed by atoms with Gasteiger partial charge >= 0.3 is 59.2 Å². The van der Waals surface area contributed by atoms with Gasteiger partial charge in [0.25, 0.3) is 0 Å². The molecule has 82 valence electrons. The fraction of sp³-hybridized carbons (Fsp3) is 1.00. The standard InChI is InChI=1S/C6H16NO5P.K.H/c1-7(2)5-6(8)3-4-12-13(9,10)11;;/h6,8H,3-5H2,1-2H3,(H2,9,10,11);;. The maximum atomic E-state index is 10.2. The van der Waals surface area contributed by atoms with Crippen LogP contribution in [0.1, 0.15) is 6.42 Å². The zero-order chi connectivity index (χ0) is 10.5. The van der Waals surface area contributed by atoms with Crippen LogP contribution in [0.25, 0.3) is 0 Å². The van der Waals surface area contributed by atoms with E-state index in [2.05, 4.69) is 4.52 Å². The molecule has 3 N–H and O–H groups in total. The van der Waals surface area contributed by atoms with Gasteiger partial charge in [-0.1, -0.05) is 0 Å². The number of likely N-dealkylation sites (N-methyl/N-ethyl adjacent to an activating group) is 1. The van der Waals surface area contributed by atoms with E-state index in [0.717, 1.165) is 0 Å². The Labute approximate surface area is 126 Å². The molecule has 0 amide bonds. The molecular formula is C6H17KNO5P. The van der Waals surface area contributed by atoms with Crippen LogP contribution in [-0.2, 0) is 9.09 Å². The minimum absolute atomic E-state index is 0. The third-order valence-electron chi connectivity index (χ3n) is 1.29. The number of aliphatic hydroxyl groups excluding tert-OH is 1. The van der Waals surface area contributed by atoms with Gasteiger partial charge in [-0.25, -0.2) is 4.57 Å². The van der Waals surface area contributed by atoms with Gasteiger partial charge in [0.2, 0.25) is 0 Å². The molecule has 0 heterocycles. The van der Waals surface area contributed by atoms with E-state index in [1.807, 2.05) is 0 Å². The molecule has 0 aliphatic heterocycles. The van der Waals surface area contributed by atoms with E-state index in [1.165, 1.54) is 0 Å². The summed E-state index contributed by atoms with van der Waals surface area (Å²) in [4.78, 5) is 18.4. The average Bonchev–Trinajstić information content (AvgIpc) is 1.81. The molecule has 1 atom stereocenters. The number of phosphoric acid groups is 1. The molecule has 0 rings (SSSR count). The van der Waals surface area contributed by atoms with Gasteiger partial charge in [0.15, 0.2) is 0 Å². The van der Waals surface area contributed by atoms with E-state index in [0.29, 0.717) is 6.54 Å². The van der Waals surface area contributed by atoms with Gasteiger partial charge in [0, 0.05) is 6.54 Å². The summed E-state index contributed by atoms with van der Waals surface area (Å²) in [7, 11) is -0.784. The minimum atomic E-state index is -4.38. The van der Waals surface area contributed by atoms with Gasteiger partial charge in [0.1, 0.15) is 0 Å². The summed E-state index contributed by atoms with van der Waals surface area (Å²) >= 11 is 0. The second-order valence-corrected chi connectivity index (χ2v) is 4.27. The SMILES string of the molecule is CN(C)CC(O)CCOP(=O)(O)O.[KH]. The molecule has 14 heavy (non-hydrogen) atoms. The fourth-order valence-corrected chi connectivity index (χ4v) is 1.16. The molecule has 6 nitrogen and oxygen atoms in total. The number of nitrogens with zero attached hydrogens (tertiary/aromatic N) is 1. The van der Waals surface area contributed by atoms with Crippen LogP contribution >= 0.6 is 7.82 Å². The summed E-state index contributed by atoms with van der Waals surface area (Å²) in [6.07, 6.45) is -0.412. The van der Waals surface area contributed by atoms with E-state index < -0.39 is 13.9 Å². The van der Waals surface area contributed by atoms with Crippen LogP contribution < -0.4 is 0 Å². The van der Waals surface area contributed by atoms with Crippen LogP contribution in [0.5, 0.6) is 0 Å². The van der Waals surface area contributed by atoms with E-state index in [1.54, 1.807) is 19.0 Å². The predicted molar refractivity (Wildman–Crippen MR) is 54.3 cm³/mol. The molecule has 0 aromatic carbocycles. The molecule has 0 aliphatic carbocycles. The normalized spacial score (nSPS) is 13.9. The first-order valence-corrected chi connectivity index (χ1v) is 5.37. The van der Waals surface area contributed by atoms with Crippen molar-refractivity contribution in [1.29, 1.82) is 0 Å². The molecule has 0 saturated heterocycles. The maximum absolute atomic E-state index is 10.2. The fourth-order valence-electron chi connectivity index (χ4n) is 0.820. The van der Waals surface area contributed by atoms with Crippen molar-refractivity contribution in [2.75, 3.05) is 27.2 Å². The number of aliphatic hydroxyl groups is 1. The topological polar surface area (TPSA) is 90.2 Å². The van der Waals surface area contributed by atoms with Crippen LogP contribution in [0, 0.1) is 0 Å². The number of rotatable bonds is 6. The second kappa shape index (κ2) is 8.78. The van der Waals surface area contributed by atoms with Crippen molar-refractivity contribution in [3.05, 3.63) is 0 Å². The summed E-state index contributed by atoms with van der Waals surface area (Å²) in [6, 6.07) is 0. The van der Waals surface area contributed by atoms with Crippen molar-refractivity contribution < 1.29 is 24.0 Å². The van der Waals surface area contributed by atoms with E-state index in [-0.39, 0.29) is 64.4 Å². The van der Waals surface area contributed by atoms with Gasteiger partial charge < -0.3 is 19.8 Å². The molecule has 8 heteroatoms. The number of hydrogen-bond acceptors (Lipinski definition) is 4. The Morgan fingerprint density at radius 1 is 1.43 bits per heavy atom. The Bertz CT molecular complexity index is 185. The second-order valence-electron chi connectivity index (χ2n) is 3.03. The van der Waals surface area contributed by atoms with E-state index in [4.69, 9.17) is 9.79 Å². The average molecular weight is 253 g/mol. The zero-order valence-corrected chi connectivity index (χ0v) is 8.65. The monoisotopic (exact) mass is 253 g/mol. The first kappa shape index (κ1) is 18.0. The van der Waals surface area contributed by atoms with Crippen molar-refractivity contribution >= 4 is 59.2 Å². The Balaban J connectivity index is 0. The van der Waals surface area contributed by atoms with Crippen molar-refractivity contribution in [2.24, 2.45) is 0 Å². The molecule has 1 unspecified atom stereocenters. The molecule has 0 aromatic rings. The molecule has 0 radical (unpaired) electrons. The van der Waals surface area contributed by atoms with Crippen molar-refractivity contribution in [1.82, 2.24) is 4.90 Å². The first-order chi connectivity index (χ1) is 5.81. The van der Waals surface area contributed by atoms with Crippen LogP contribution in [0.15, 0.2) is 0 Å². The third-order valence-corrected chi connectivity index (χ3v) is 1.81. The molecule has 0 aromatic heterocycles. The quantitative estimate of drug-likeness (QED) is 0.405. The Hall–Kier alpha value is 1.67. The molecule has 0 spiro atoms. The molecule has 0 aliphatic rings.